The predicted octanol–water partition coefficient (Wildman–Crippen LogP) is 3.24. The molecule has 3 nitrogen and oxygen atoms in total. The molecule has 0 spiro atoms. The van der Waals surface area contributed by atoms with Crippen LogP contribution >= 0.6 is 0 Å². The highest BCUT2D eigenvalue weighted by atomic mass is 16.3. The molecule has 0 aromatic carbocycles. The van der Waals surface area contributed by atoms with Gasteiger partial charge in [-0.25, -0.2) is 0 Å². The Balaban J connectivity index is 1.91. The summed E-state index contributed by atoms with van der Waals surface area (Å²) in [6.45, 7) is 6.77. The molecule has 2 N–H and O–H groups in total. The first-order valence-corrected chi connectivity index (χ1v) is 7.03. The van der Waals surface area contributed by atoms with Crippen LogP contribution in [0, 0.1) is 13.8 Å². The summed E-state index contributed by atoms with van der Waals surface area (Å²) in [5.41, 5.74) is 0.700. The van der Waals surface area contributed by atoms with E-state index in [9.17, 15) is 5.11 Å². The van der Waals surface area contributed by atoms with Crippen molar-refractivity contribution >= 4 is 0 Å². The van der Waals surface area contributed by atoms with Gasteiger partial charge < -0.3 is 14.8 Å². The maximum atomic E-state index is 10.5. The first-order valence-electron chi connectivity index (χ1n) is 7.03. The molecule has 1 aromatic rings. The Kier molecular flexibility index (Phi) is 4.13. The Bertz CT molecular complexity index is 391. The lowest BCUT2D eigenvalue weighted by molar-refractivity contribution is 0.00297. The molecule has 0 amide bonds. The summed E-state index contributed by atoms with van der Waals surface area (Å²) in [7, 11) is 0. The monoisotopic (exact) mass is 251 g/mol. The smallest absolute Gasteiger partial charge is 0.105 e. The van der Waals surface area contributed by atoms with Crippen LogP contribution in [0.2, 0.25) is 0 Å². The molecule has 0 aliphatic heterocycles. The summed E-state index contributed by atoms with van der Waals surface area (Å²) in [6.07, 6.45) is 5.41. The zero-order chi connectivity index (χ0) is 13.2. The van der Waals surface area contributed by atoms with Crippen LogP contribution in [-0.2, 0) is 0 Å². The van der Waals surface area contributed by atoms with E-state index in [1.807, 2.05) is 13.8 Å². The first kappa shape index (κ1) is 13.6. The molecule has 1 unspecified atom stereocenters. The van der Waals surface area contributed by atoms with Gasteiger partial charge in [-0.1, -0.05) is 19.3 Å². The fourth-order valence-corrected chi connectivity index (χ4v) is 2.92. The van der Waals surface area contributed by atoms with E-state index in [0.717, 1.165) is 37.2 Å². The third-order valence-electron chi connectivity index (χ3n) is 4.07. The Morgan fingerprint density at radius 1 is 1.33 bits per heavy atom. The van der Waals surface area contributed by atoms with Crippen molar-refractivity contribution in [3.63, 3.8) is 0 Å². The van der Waals surface area contributed by atoms with E-state index >= 15 is 0 Å². The van der Waals surface area contributed by atoms with Gasteiger partial charge in [-0.05, 0) is 39.7 Å². The minimum Gasteiger partial charge on any atom is -0.466 e. The van der Waals surface area contributed by atoms with Crippen molar-refractivity contribution in [1.29, 1.82) is 0 Å². The molecule has 2 rings (SSSR count). The maximum Gasteiger partial charge on any atom is 0.105 e. The fourth-order valence-electron chi connectivity index (χ4n) is 2.92. The number of aliphatic hydroxyl groups is 1. The van der Waals surface area contributed by atoms with Crippen molar-refractivity contribution in [2.75, 3.05) is 6.54 Å². The van der Waals surface area contributed by atoms with Crippen LogP contribution in [0.3, 0.4) is 0 Å². The van der Waals surface area contributed by atoms with Crippen LogP contribution in [0.15, 0.2) is 10.5 Å². The summed E-state index contributed by atoms with van der Waals surface area (Å²) in [5.74, 6) is 1.93. The quantitative estimate of drug-likeness (QED) is 0.863. The maximum absolute atomic E-state index is 10.5. The second kappa shape index (κ2) is 5.45. The number of rotatable bonds is 4. The average molecular weight is 251 g/mol. The number of hydrogen-bond acceptors (Lipinski definition) is 3. The standard InChI is InChI=1S/C15H25NO2/c1-11-9-14(13(3)18-11)12(2)16-10-15(17)7-5-4-6-8-15/h9,12,16-17H,4-8,10H2,1-3H3. The fraction of sp³-hybridized carbons (Fsp3) is 0.733. The molecule has 1 fully saturated rings. The molecule has 0 bridgehead atoms. The molecular weight excluding hydrogens is 226 g/mol. The van der Waals surface area contributed by atoms with Gasteiger partial charge in [-0.2, -0.15) is 0 Å². The number of furan rings is 1. The van der Waals surface area contributed by atoms with E-state index in [2.05, 4.69) is 18.3 Å². The number of hydrogen-bond donors (Lipinski definition) is 2. The summed E-state index contributed by atoms with van der Waals surface area (Å²) in [6, 6.07) is 2.31. The first-order chi connectivity index (χ1) is 8.50. The van der Waals surface area contributed by atoms with E-state index in [0.29, 0.717) is 6.54 Å². The second-order valence-corrected chi connectivity index (χ2v) is 5.76. The van der Waals surface area contributed by atoms with Crippen LogP contribution < -0.4 is 5.32 Å². The van der Waals surface area contributed by atoms with Gasteiger partial charge in [0.05, 0.1) is 5.60 Å². The zero-order valence-electron chi connectivity index (χ0n) is 11.8. The lowest BCUT2D eigenvalue weighted by atomic mass is 9.84. The summed E-state index contributed by atoms with van der Waals surface area (Å²) < 4.78 is 5.55. The van der Waals surface area contributed by atoms with Crippen molar-refractivity contribution in [3.8, 4) is 0 Å². The summed E-state index contributed by atoms with van der Waals surface area (Å²) in [5, 5.41) is 13.9. The summed E-state index contributed by atoms with van der Waals surface area (Å²) >= 11 is 0. The normalized spacial score (nSPS) is 20.9. The van der Waals surface area contributed by atoms with Crippen molar-refractivity contribution in [1.82, 2.24) is 5.32 Å². The highest BCUT2D eigenvalue weighted by molar-refractivity contribution is 5.23. The Morgan fingerprint density at radius 2 is 2.00 bits per heavy atom. The molecule has 0 radical (unpaired) electrons. The average Bonchev–Trinajstić information content (AvgIpc) is 2.67. The van der Waals surface area contributed by atoms with Gasteiger partial charge in [0.15, 0.2) is 0 Å². The van der Waals surface area contributed by atoms with Crippen LogP contribution in [0.4, 0.5) is 0 Å². The zero-order valence-corrected chi connectivity index (χ0v) is 11.8. The minimum atomic E-state index is -0.501. The molecule has 102 valence electrons. The molecular formula is C15H25NO2. The van der Waals surface area contributed by atoms with Gasteiger partial charge in [0.25, 0.3) is 0 Å². The molecule has 1 aromatic heterocycles. The molecule has 1 heterocycles. The van der Waals surface area contributed by atoms with Crippen LogP contribution in [0.5, 0.6) is 0 Å². The molecule has 18 heavy (non-hydrogen) atoms. The van der Waals surface area contributed by atoms with Crippen molar-refractivity contribution in [2.24, 2.45) is 0 Å². The lowest BCUT2D eigenvalue weighted by Gasteiger charge is -2.33. The lowest BCUT2D eigenvalue weighted by Crippen LogP contribution is -2.42. The van der Waals surface area contributed by atoms with E-state index in [1.54, 1.807) is 0 Å². The molecule has 0 saturated heterocycles. The predicted molar refractivity (Wildman–Crippen MR) is 72.6 cm³/mol. The second-order valence-electron chi connectivity index (χ2n) is 5.76. The third kappa shape index (κ3) is 3.15. The van der Waals surface area contributed by atoms with Gasteiger partial charge in [0.1, 0.15) is 11.5 Å². The van der Waals surface area contributed by atoms with E-state index in [1.165, 1.54) is 12.0 Å². The van der Waals surface area contributed by atoms with Crippen LogP contribution in [-0.4, -0.2) is 17.3 Å². The van der Waals surface area contributed by atoms with Crippen molar-refractivity contribution in [3.05, 3.63) is 23.2 Å². The molecule has 3 heteroatoms. The minimum absolute atomic E-state index is 0.230. The SMILES string of the molecule is Cc1cc(C(C)NCC2(O)CCCCC2)c(C)o1. The van der Waals surface area contributed by atoms with Crippen molar-refractivity contribution < 1.29 is 9.52 Å². The molecule has 1 saturated carbocycles. The van der Waals surface area contributed by atoms with E-state index in [-0.39, 0.29) is 6.04 Å². The Hall–Kier alpha value is -0.800. The molecule has 1 atom stereocenters. The Morgan fingerprint density at radius 3 is 2.56 bits per heavy atom. The van der Waals surface area contributed by atoms with Gasteiger partial charge >= 0.3 is 0 Å². The topological polar surface area (TPSA) is 45.4 Å². The van der Waals surface area contributed by atoms with Crippen LogP contribution in [0.1, 0.15) is 62.2 Å². The third-order valence-corrected chi connectivity index (χ3v) is 4.07. The number of aryl methyl sites for hydroxylation is 2. The Labute approximate surface area is 110 Å². The molecule has 1 aliphatic rings. The van der Waals surface area contributed by atoms with Gasteiger partial charge in [-0.15, -0.1) is 0 Å². The number of nitrogens with one attached hydrogen (secondary N) is 1. The van der Waals surface area contributed by atoms with E-state index in [4.69, 9.17) is 4.42 Å². The molecule has 1 aliphatic carbocycles. The van der Waals surface area contributed by atoms with E-state index < -0.39 is 5.60 Å². The van der Waals surface area contributed by atoms with Crippen LogP contribution in [0.25, 0.3) is 0 Å². The highest BCUT2D eigenvalue weighted by Gasteiger charge is 2.29. The van der Waals surface area contributed by atoms with Gasteiger partial charge in [0, 0.05) is 18.2 Å². The van der Waals surface area contributed by atoms with Gasteiger partial charge in [-0.3, -0.25) is 0 Å². The largest absolute Gasteiger partial charge is 0.466 e. The summed E-state index contributed by atoms with van der Waals surface area (Å²) in [4.78, 5) is 0. The highest BCUT2D eigenvalue weighted by Crippen LogP contribution is 2.28. The van der Waals surface area contributed by atoms with Crippen molar-refractivity contribution in [2.45, 2.75) is 64.5 Å². The van der Waals surface area contributed by atoms with Gasteiger partial charge in [0.2, 0.25) is 0 Å².